The Hall–Kier alpha value is -2.62. The van der Waals surface area contributed by atoms with Gasteiger partial charge in [0.25, 0.3) is 5.91 Å². The zero-order valence-corrected chi connectivity index (χ0v) is 12.6. The molecule has 1 aromatic carbocycles. The molecule has 1 unspecified atom stereocenters. The number of carbonyl (C=O) groups excluding carboxylic acids is 1. The predicted octanol–water partition coefficient (Wildman–Crippen LogP) is 3.09. The Bertz CT molecular complexity index is 731. The van der Waals surface area contributed by atoms with Crippen LogP contribution in [0.1, 0.15) is 29.4 Å². The third-order valence-electron chi connectivity index (χ3n) is 3.68. The number of pyridine rings is 1. The molecular weight excluding hydrogens is 274 g/mol. The number of fused-ring (bicyclic) bond motifs is 1. The molecule has 0 aliphatic heterocycles. The lowest BCUT2D eigenvalue weighted by atomic mass is 10.1. The zero-order valence-electron chi connectivity index (χ0n) is 12.6. The third-order valence-corrected chi connectivity index (χ3v) is 3.68. The lowest BCUT2D eigenvalue weighted by Gasteiger charge is -2.12. The Morgan fingerprint density at radius 3 is 2.73 bits per heavy atom. The summed E-state index contributed by atoms with van der Waals surface area (Å²) in [6.07, 6.45) is 5.50. The fourth-order valence-electron chi connectivity index (χ4n) is 2.44. The van der Waals surface area contributed by atoms with Crippen molar-refractivity contribution >= 4 is 11.6 Å². The van der Waals surface area contributed by atoms with Crippen LogP contribution in [0.4, 0.5) is 0 Å². The van der Waals surface area contributed by atoms with E-state index < -0.39 is 0 Å². The lowest BCUT2D eigenvalue weighted by molar-refractivity contribution is 0.0934. The van der Waals surface area contributed by atoms with Crippen LogP contribution < -0.4 is 5.32 Å². The largest absolute Gasteiger partial charge is 0.348 e. The Morgan fingerprint density at radius 1 is 1.18 bits per heavy atom. The Kier molecular flexibility index (Phi) is 4.19. The summed E-state index contributed by atoms with van der Waals surface area (Å²) in [5.74, 6) is -0.121. The second kappa shape index (κ2) is 6.43. The van der Waals surface area contributed by atoms with Gasteiger partial charge in [-0.15, -0.1) is 0 Å². The highest BCUT2D eigenvalue weighted by Gasteiger charge is 2.13. The molecule has 0 bridgehead atoms. The highest BCUT2D eigenvalue weighted by atomic mass is 16.1. The molecule has 0 fully saturated rings. The number of amides is 1. The van der Waals surface area contributed by atoms with E-state index in [1.807, 2.05) is 53.9 Å². The molecule has 1 amide bonds. The molecule has 2 aromatic heterocycles. The van der Waals surface area contributed by atoms with Crippen LogP contribution in [0.25, 0.3) is 5.65 Å². The first-order valence-electron chi connectivity index (χ1n) is 7.51. The van der Waals surface area contributed by atoms with Gasteiger partial charge >= 0.3 is 0 Å². The van der Waals surface area contributed by atoms with Crippen LogP contribution >= 0.6 is 0 Å². The number of benzene rings is 1. The number of rotatable bonds is 5. The van der Waals surface area contributed by atoms with Crippen molar-refractivity contribution in [3.8, 4) is 0 Å². The normalized spacial score (nSPS) is 12.2. The SMILES string of the molecule is CC(CCc1ccccc1)NC(=O)c1cn2ccccc2n1. The van der Waals surface area contributed by atoms with Crippen molar-refractivity contribution in [1.29, 1.82) is 0 Å². The predicted molar refractivity (Wildman–Crippen MR) is 86.9 cm³/mol. The first-order valence-corrected chi connectivity index (χ1v) is 7.51. The molecule has 2 heterocycles. The maximum Gasteiger partial charge on any atom is 0.271 e. The number of nitrogens with zero attached hydrogens (tertiary/aromatic N) is 2. The summed E-state index contributed by atoms with van der Waals surface area (Å²) in [7, 11) is 0. The molecule has 0 aliphatic carbocycles. The number of hydrogen-bond donors (Lipinski definition) is 1. The zero-order chi connectivity index (χ0) is 15.4. The maximum absolute atomic E-state index is 12.2. The van der Waals surface area contributed by atoms with Gasteiger partial charge in [-0.05, 0) is 37.5 Å². The van der Waals surface area contributed by atoms with Crippen LogP contribution in [0.2, 0.25) is 0 Å². The smallest absolute Gasteiger partial charge is 0.271 e. The maximum atomic E-state index is 12.2. The van der Waals surface area contributed by atoms with E-state index in [4.69, 9.17) is 0 Å². The van der Waals surface area contributed by atoms with Crippen molar-refractivity contribution < 1.29 is 4.79 Å². The van der Waals surface area contributed by atoms with Crippen LogP contribution in [-0.2, 0) is 6.42 Å². The quantitative estimate of drug-likeness (QED) is 0.786. The van der Waals surface area contributed by atoms with E-state index in [0.717, 1.165) is 18.5 Å². The van der Waals surface area contributed by atoms with Crippen LogP contribution in [0, 0.1) is 0 Å². The van der Waals surface area contributed by atoms with E-state index >= 15 is 0 Å². The second-order valence-corrected chi connectivity index (χ2v) is 5.49. The number of nitrogens with one attached hydrogen (secondary N) is 1. The van der Waals surface area contributed by atoms with E-state index in [-0.39, 0.29) is 11.9 Å². The van der Waals surface area contributed by atoms with Crippen LogP contribution in [0.3, 0.4) is 0 Å². The van der Waals surface area contributed by atoms with Gasteiger partial charge in [-0.2, -0.15) is 0 Å². The highest BCUT2D eigenvalue weighted by molar-refractivity contribution is 5.93. The van der Waals surface area contributed by atoms with Gasteiger partial charge < -0.3 is 9.72 Å². The van der Waals surface area contributed by atoms with Gasteiger partial charge in [0.05, 0.1) is 0 Å². The molecule has 3 rings (SSSR count). The summed E-state index contributed by atoms with van der Waals surface area (Å²) in [5, 5.41) is 3.01. The van der Waals surface area contributed by atoms with Gasteiger partial charge in [-0.3, -0.25) is 4.79 Å². The molecule has 4 nitrogen and oxygen atoms in total. The first-order chi connectivity index (χ1) is 10.7. The summed E-state index contributed by atoms with van der Waals surface area (Å²) < 4.78 is 1.85. The number of hydrogen-bond acceptors (Lipinski definition) is 2. The van der Waals surface area contributed by atoms with Crippen molar-refractivity contribution in [3.05, 3.63) is 72.2 Å². The van der Waals surface area contributed by atoms with Crippen molar-refractivity contribution in [3.63, 3.8) is 0 Å². The molecule has 1 N–H and O–H groups in total. The average molecular weight is 293 g/mol. The van der Waals surface area contributed by atoms with Gasteiger partial charge in [0.2, 0.25) is 0 Å². The van der Waals surface area contributed by atoms with E-state index in [2.05, 4.69) is 22.4 Å². The Morgan fingerprint density at radius 2 is 1.95 bits per heavy atom. The monoisotopic (exact) mass is 293 g/mol. The van der Waals surface area contributed by atoms with Gasteiger partial charge in [0.1, 0.15) is 11.3 Å². The minimum atomic E-state index is -0.121. The average Bonchev–Trinajstić information content (AvgIpc) is 2.98. The molecule has 0 radical (unpaired) electrons. The van der Waals surface area contributed by atoms with Crippen LogP contribution in [0.15, 0.2) is 60.9 Å². The summed E-state index contributed by atoms with van der Waals surface area (Å²) in [4.78, 5) is 16.6. The molecule has 22 heavy (non-hydrogen) atoms. The first kappa shape index (κ1) is 14.3. The third kappa shape index (κ3) is 3.34. The molecule has 1 atom stereocenters. The van der Waals surface area contributed by atoms with Gasteiger partial charge in [0, 0.05) is 18.4 Å². The van der Waals surface area contributed by atoms with Crippen molar-refractivity contribution in [2.45, 2.75) is 25.8 Å². The summed E-state index contributed by atoms with van der Waals surface area (Å²) >= 11 is 0. The molecule has 3 aromatic rings. The van der Waals surface area contributed by atoms with Crippen LogP contribution in [0.5, 0.6) is 0 Å². The summed E-state index contributed by atoms with van der Waals surface area (Å²) in [5.41, 5.74) is 2.53. The van der Waals surface area contributed by atoms with E-state index in [9.17, 15) is 4.79 Å². The van der Waals surface area contributed by atoms with Crippen LogP contribution in [-0.4, -0.2) is 21.3 Å². The fourth-order valence-corrected chi connectivity index (χ4v) is 2.44. The molecule has 0 aliphatic rings. The van der Waals surface area contributed by atoms with Crippen molar-refractivity contribution in [2.75, 3.05) is 0 Å². The Balaban J connectivity index is 1.58. The number of imidazole rings is 1. The number of aryl methyl sites for hydroxylation is 1. The van der Waals surface area contributed by atoms with Crippen molar-refractivity contribution in [1.82, 2.24) is 14.7 Å². The number of aromatic nitrogens is 2. The molecular formula is C18H19N3O. The highest BCUT2D eigenvalue weighted by Crippen LogP contribution is 2.07. The summed E-state index contributed by atoms with van der Waals surface area (Å²) in [6, 6.07) is 16.1. The minimum absolute atomic E-state index is 0.109. The van der Waals surface area contributed by atoms with E-state index in [1.165, 1.54) is 5.56 Å². The molecule has 112 valence electrons. The second-order valence-electron chi connectivity index (χ2n) is 5.49. The van der Waals surface area contributed by atoms with Gasteiger partial charge in [-0.25, -0.2) is 4.98 Å². The van der Waals surface area contributed by atoms with E-state index in [0.29, 0.717) is 5.69 Å². The molecule has 0 saturated heterocycles. The minimum Gasteiger partial charge on any atom is -0.348 e. The fraction of sp³-hybridized carbons (Fsp3) is 0.222. The van der Waals surface area contributed by atoms with E-state index in [1.54, 1.807) is 6.20 Å². The molecule has 0 saturated carbocycles. The molecule has 4 heteroatoms. The van der Waals surface area contributed by atoms with Gasteiger partial charge in [-0.1, -0.05) is 36.4 Å². The Labute approximate surface area is 129 Å². The standard InChI is InChI=1S/C18H19N3O/c1-14(10-11-15-7-3-2-4-8-15)19-18(22)16-13-21-12-6-5-9-17(21)20-16/h2-9,12-14H,10-11H2,1H3,(H,19,22). The topological polar surface area (TPSA) is 46.4 Å². The summed E-state index contributed by atoms with van der Waals surface area (Å²) in [6.45, 7) is 2.02. The van der Waals surface area contributed by atoms with Gasteiger partial charge in [0.15, 0.2) is 0 Å². The van der Waals surface area contributed by atoms with Crippen molar-refractivity contribution in [2.24, 2.45) is 0 Å². The lowest BCUT2D eigenvalue weighted by Crippen LogP contribution is -2.33. The molecule has 0 spiro atoms. The number of carbonyl (C=O) groups is 1.